The number of hydrogen-bond acceptors (Lipinski definition) is 8. The molecule has 0 saturated carbocycles. The van der Waals surface area contributed by atoms with Gasteiger partial charge in [0.1, 0.15) is 11.9 Å². The molecule has 9 heteroatoms. The molecule has 0 bridgehead atoms. The lowest BCUT2D eigenvalue weighted by Gasteiger charge is -2.32. The summed E-state index contributed by atoms with van der Waals surface area (Å²) in [5.74, 6) is -4.35. The quantitative estimate of drug-likeness (QED) is 0.584. The molecule has 1 aliphatic rings. The summed E-state index contributed by atoms with van der Waals surface area (Å²) < 4.78 is 8.71. The van der Waals surface area contributed by atoms with Crippen LogP contribution in [-0.2, 0) is 19.4 Å². The van der Waals surface area contributed by atoms with Crippen molar-refractivity contribution in [3.63, 3.8) is 0 Å². The van der Waals surface area contributed by atoms with Gasteiger partial charge in [-0.3, -0.25) is 0 Å². The van der Waals surface area contributed by atoms with Gasteiger partial charge in [0.25, 0.3) is 0 Å². The van der Waals surface area contributed by atoms with E-state index in [0.717, 1.165) is 0 Å². The highest BCUT2D eigenvalue weighted by Gasteiger charge is 2.51. The number of halogens is 1. The lowest BCUT2D eigenvalue weighted by Crippen LogP contribution is -2.45. The number of rotatable bonds is 4. The smallest absolute Gasteiger partial charge is 0.378 e. The van der Waals surface area contributed by atoms with E-state index in [1.807, 2.05) is 0 Å². The molecule has 2 atom stereocenters. The van der Waals surface area contributed by atoms with E-state index in [2.05, 4.69) is 9.03 Å². The normalized spacial score (nSPS) is 20.5. The van der Waals surface area contributed by atoms with Crippen LogP contribution < -0.4 is 0 Å². The Morgan fingerprint density at radius 1 is 1.36 bits per heavy atom. The van der Waals surface area contributed by atoms with Gasteiger partial charge >= 0.3 is 11.9 Å². The van der Waals surface area contributed by atoms with Crippen molar-refractivity contribution in [1.29, 1.82) is 0 Å². The molecule has 0 fully saturated rings. The average Bonchev–Trinajstić information content (AvgIpc) is 2.81. The van der Waals surface area contributed by atoms with Crippen molar-refractivity contribution in [2.75, 3.05) is 6.61 Å². The molecule has 22 heavy (non-hydrogen) atoms. The molecule has 1 aromatic rings. The third kappa shape index (κ3) is 2.37. The summed E-state index contributed by atoms with van der Waals surface area (Å²) in [5, 5.41) is 39.2. The van der Waals surface area contributed by atoms with Gasteiger partial charge < -0.3 is 29.5 Å². The maximum atomic E-state index is 11.6. The van der Waals surface area contributed by atoms with E-state index in [1.54, 1.807) is 0 Å². The number of esters is 1. The second-order valence-corrected chi connectivity index (χ2v) is 4.67. The van der Waals surface area contributed by atoms with Crippen molar-refractivity contribution in [3.8, 4) is 0 Å². The molecular formula is C13H11ClO8. The van der Waals surface area contributed by atoms with Crippen LogP contribution in [-0.4, -0.2) is 45.1 Å². The zero-order valence-corrected chi connectivity index (χ0v) is 11.6. The predicted molar refractivity (Wildman–Crippen MR) is 70.9 cm³/mol. The van der Waals surface area contributed by atoms with Crippen molar-refractivity contribution in [2.45, 2.75) is 11.7 Å². The number of hydrogen-bond donors (Lipinski definition) is 4. The SMILES string of the molecule is O=C1O[C@H]([C@@](O)(CO)c2ccccc2C(=O)OCl)C(O)=C1O. The Bertz CT molecular complexity index is 655. The first kappa shape index (κ1) is 16.1. The molecule has 0 unspecified atom stereocenters. The summed E-state index contributed by atoms with van der Waals surface area (Å²) in [7, 11) is 0. The molecule has 1 heterocycles. The van der Waals surface area contributed by atoms with Crippen molar-refractivity contribution in [3.05, 3.63) is 46.9 Å². The highest BCUT2D eigenvalue weighted by atomic mass is 35.5. The van der Waals surface area contributed by atoms with Gasteiger partial charge in [-0.25, -0.2) is 9.59 Å². The summed E-state index contributed by atoms with van der Waals surface area (Å²) in [4.78, 5) is 22.9. The molecular weight excluding hydrogens is 320 g/mol. The predicted octanol–water partition coefficient (Wildman–Crippen LogP) is 0.430. The van der Waals surface area contributed by atoms with Gasteiger partial charge in [-0.1, -0.05) is 18.2 Å². The molecule has 0 amide bonds. The minimum atomic E-state index is -2.40. The van der Waals surface area contributed by atoms with Gasteiger partial charge in [-0.15, -0.1) is 0 Å². The fourth-order valence-electron chi connectivity index (χ4n) is 2.16. The first-order valence-electron chi connectivity index (χ1n) is 5.95. The number of benzene rings is 1. The number of cyclic esters (lactones) is 1. The molecule has 4 N–H and O–H groups in total. The van der Waals surface area contributed by atoms with Gasteiger partial charge in [0, 0.05) is 5.56 Å². The molecule has 0 aromatic heterocycles. The lowest BCUT2D eigenvalue weighted by molar-refractivity contribution is -0.161. The molecule has 1 aliphatic heterocycles. The van der Waals surface area contributed by atoms with E-state index in [9.17, 15) is 30.0 Å². The van der Waals surface area contributed by atoms with E-state index < -0.39 is 41.8 Å². The first-order chi connectivity index (χ1) is 10.4. The Morgan fingerprint density at radius 3 is 2.50 bits per heavy atom. The van der Waals surface area contributed by atoms with Crippen LogP contribution >= 0.6 is 11.9 Å². The van der Waals surface area contributed by atoms with Crippen molar-refractivity contribution in [2.24, 2.45) is 0 Å². The largest absolute Gasteiger partial charge is 0.505 e. The maximum absolute atomic E-state index is 11.6. The highest BCUT2D eigenvalue weighted by molar-refractivity contribution is 6.16. The van der Waals surface area contributed by atoms with Gasteiger partial charge in [0.2, 0.25) is 5.76 Å². The van der Waals surface area contributed by atoms with Crippen LogP contribution in [0.4, 0.5) is 0 Å². The third-order valence-corrected chi connectivity index (χ3v) is 3.41. The number of aliphatic hydroxyl groups excluding tert-OH is 3. The van der Waals surface area contributed by atoms with Gasteiger partial charge in [-0.05, 0) is 6.07 Å². The highest BCUT2D eigenvalue weighted by Crippen LogP contribution is 2.36. The summed E-state index contributed by atoms with van der Waals surface area (Å²) in [6.45, 7) is -1.03. The van der Waals surface area contributed by atoms with E-state index in [0.29, 0.717) is 0 Å². The summed E-state index contributed by atoms with van der Waals surface area (Å²) in [6.07, 6.45) is -1.80. The topological polar surface area (TPSA) is 134 Å². The first-order valence-corrected chi connectivity index (χ1v) is 6.26. The van der Waals surface area contributed by atoms with Crippen LogP contribution in [0.15, 0.2) is 35.8 Å². The average molecular weight is 331 g/mol. The van der Waals surface area contributed by atoms with Gasteiger partial charge in [0.15, 0.2) is 17.5 Å². The Kier molecular flexibility index (Phi) is 4.27. The Balaban J connectivity index is 2.58. The molecule has 2 rings (SSSR count). The van der Waals surface area contributed by atoms with Crippen LogP contribution in [0.25, 0.3) is 0 Å². The van der Waals surface area contributed by atoms with E-state index in [-0.39, 0.29) is 11.1 Å². The van der Waals surface area contributed by atoms with Crippen LogP contribution in [0.1, 0.15) is 15.9 Å². The monoisotopic (exact) mass is 330 g/mol. The summed E-state index contributed by atoms with van der Waals surface area (Å²) in [5.41, 5.74) is -2.82. The Hall–Kier alpha value is -2.29. The number of aliphatic hydroxyl groups is 4. The lowest BCUT2D eigenvalue weighted by atomic mass is 9.85. The zero-order chi connectivity index (χ0) is 16.5. The number of carbonyl (C=O) groups excluding carboxylic acids is 2. The standard InChI is InChI=1S/C13H11ClO8/c14-22-11(18)6-3-1-2-4-7(6)13(20,5-15)10-8(16)9(17)12(19)21-10/h1-4,10,15-17,20H,5H2/t10-,13+/m0/s1. The Morgan fingerprint density at radius 2 is 2.00 bits per heavy atom. The second kappa shape index (κ2) is 5.84. The van der Waals surface area contributed by atoms with E-state index in [4.69, 9.17) is 11.9 Å². The maximum Gasteiger partial charge on any atom is 0.378 e. The van der Waals surface area contributed by atoms with Gasteiger partial charge in [-0.2, -0.15) is 0 Å². The Labute approximate surface area is 128 Å². The van der Waals surface area contributed by atoms with E-state index >= 15 is 0 Å². The molecule has 0 aliphatic carbocycles. The van der Waals surface area contributed by atoms with Gasteiger partial charge in [0.05, 0.1) is 12.2 Å². The molecule has 1 aromatic carbocycles. The minimum absolute atomic E-state index is 0.206. The minimum Gasteiger partial charge on any atom is -0.505 e. The fraction of sp³-hybridized carbons (Fsp3) is 0.231. The van der Waals surface area contributed by atoms with Crippen LogP contribution in [0.5, 0.6) is 0 Å². The third-order valence-electron chi connectivity index (χ3n) is 3.27. The zero-order valence-electron chi connectivity index (χ0n) is 10.9. The van der Waals surface area contributed by atoms with E-state index in [1.165, 1.54) is 24.3 Å². The molecule has 118 valence electrons. The number of ether oxygens (including phenoxy) is 1. The molecule has 0 radical (unpaired) electrons. The van der Waals surface area contributed by atoms with Crippen LogP contribution in [0.3, 0.4) is 0 Å². The molecule has 0 saturated heterocycles. The molecule has 8 nitrogen and oxygen atoms in total. The summed E-state index contributed by atoms with van der Waals surface area (Å²) >= 11 is 5.01. The fourth-order valence-corrected chi connectivity index (χ4v) is 2.24. The van der Waals surface area contributed by atoms with Crippen LogP contribution in [0, 0.1) is 0 Å². The number of carbonyl (C=O) groups is 2. The van der Waals surface area contributed by atoms with Crippen LogP contribution in [0.2, 0.25) is 0 Å². The summed E-state index contributed by atoms with van der Waals surface area (Å²) in [6, 6.07) is 5.37. The van der Waals surface area contributed by atoms with Crippen molar-refractivity contribution >= 4 is 23.8 Å². The second-order valence-electron chi connectivity index (χ2n) is 4.51. The molecule has 0 spiro atoms. The van der Waals surface area contributed by atoms with Crippen molar-refractivity contribution < 1.29 is 39.0 Å². The van der Waals surface area contributed by atoms with Crippen molar-refractivity contribution in [1.82, 2.24) is 0 Å².